The van der Waals surface area contributed by atoms with Gasteiger partial charge in [-0.1, -0.05) is 35.0 Å². The summed E-state index contributed by atoms with van der Waals surface area (Å²) in [6, 6.07) is 5.55. The van der Waals surface area contributed by atoms with Gasteiger partial charge in [0.1, 0.15) is 0 Å². The van der Waals surface area contributed by atoms with Gasteiger partial charge in [0.2, 0.25) is 0 Å². The van der Waals surface area contributed by atoms with E-state index in [-0.39, 0.29) is 0 Å². The molecule has 0 saturated heterocycles. The first-order chi connectivity index (χ1) is 6.69. The zero-order chi connectivity index (χ0) is 10.6. The molecule has 0 spiro atoms. The van der Waals surface area contributed by atoms with E-state index in [2.05, 4.69) is 15.9 Å². The summed E-state index contributed by atoms with van der Waals surface area (Å²) >= 11 is 3.36. The number of aryl methyl sites for hydroxylation is 2. The van der Waals surface area contributed by atoms with E-state index in [4.69, 9.17) is 5.11 Å². The van der Waals surface area contributed by atoms with E-state index < -0.39 is 5.97 Å². The van der Waals surface area contributed by atoms with Crippen LogP contribution < -0.4 is 0 Å². The highest BCUT2D eigenvalue weighted by Crippen LogP contribution is 2.14. The number of hydrogen-bond donors (Lipinski definition) is 1. The molecule has 0 heterocycles. The summed E-state index contributed by atoms with van der Waals surface area (Å²) in [6.07, 6.45) is 1.70. The summed E-state index contributed by atoms with van der Waals surface area (Å²) in [5.41, 5.74) is 2.52. The molecule has 0 aliphatic heterocycles. The SMILES string of the molecule is CCc1cc(CCBr)ccc1C(=O)O. The fraction of sp³-hybridized carbons (Fsp3) is 0.364. The summed E-state index contributed by atoms with van der Waals surface area (Å²) in [6.45, 7) is 1.97. The van der Waals surface area contributed by atoms with Crippen molar-refractivity contribution in [3.05, 3.63) is 34.9 Å². The summed E-state index contributed by atoms with van der Waals surface area (Å²) in [4.78, 5) is 10.8. The van der Waals surface area contributed by atoms with Gasteiger partial charge in [-0.2, -0.15) is 0 Å². The van der Waals surface area contributed by atoms with Crippen LogP contribution in [0, 0.1) is 0 Å². The molecule has 76 valence electrons. The van der Waals surface area contributed by atoms with Gasteiger partial charge in [-0.05, 0) is 30.0 Å². The van der Waals surface area contributed by atoms with Crippen LogP contribution in [0.1, 0.15) is 28.4 Å². The lowest BCUT2D eigenvalue weighted by atomic mass is 10.0. The molecule has 3 heteroatoms. The maximum Gasteiger partial charge on any atom is 0.335 e. The largest absolute Gasteiger partial charge is 0.478 e. The molecule has 2 nitrogen and oxygen atoms in total. The molecule has 1 rings (SSSR count). The van der Waals surface area contributed by atoms with E-state index >= 15 is 0 Å². The van der Waals surface area contributed by atoms with Gasteiger partial charge in [0, 0.05) is 5.33 Å². The summed E-state index contributed by atoms with van der Waals surface area (Å²) in [5, 5.41) is 9.81. The minimum atomic E-state index is -0.841. The van der Waals surface area contributed by atoms with Gasteiger partial charge in [0.25, 0.3) is 0 Å². The third-order valence-corrected chi connectivity index (χ3v) is 2.56. The maximum absolute atomic E-state index is 10.8. The average molecular weight is 257 g/mol. The Hall–Kier alpha value is -0.830. The third-order valence-electron chi connectivity index (χ3n) is 2.16. The molecule has 0 fully saturated rings. The van der Waals surface area contributed by atoms with Gasteiger partial charge in [-0.3, -0.25) is 0 Å². The minimum absolute atomic E-state index is 0.422. The lowest BCUT2D eigenvalue weighted by molar-refractivity contribution is 0.0695. The number of hydrogen-bond acceptors (Lipinski definition) is 1. The molecular weight excluding hydrogens is 244 g/mol. The number of alkyl halides is 1. The highest BCUT2D eigenvalue weighted by atomic mass is 79.9. The zero-order valence-corrected chi connectivity index (χ0v) is 9.67. The molecule has 0 aromatic heterocycles. The van der Waals surface area contributed by atoms with Crippen molar-refractivity contribution in [2.24, 2.45) is 0 Å². The molecule has 1 N–H and O–H groups in total. The molecule has 0 saturated carbocycles. The van der Waals surface area contributed by atoms with E-state index in [0.29, 0.717) is 5.56 Å². The number of rotatable bonds is 4. The monoisotopic (exact) mass is 256 g/mol. The van der Waals surface area contributed by atoms with Gasteiger partial charge < -0.3 is 5.11 Å². The first-order valence-corrected chi connectivity index (χ1v) is 5.72. The van der Waals surface area contributed by atoms with Gasteiger partial charge >= 0.3 is 5.97 Å². The molecule has 0 amide bonds. The number of carboxylic acid groups (broad SMARTS) is 1. The predicted molar refractivity (Wildman–Crippen MR) is 60.3 cm³/mol. The highest BCUT2D eigenvalue weighted by molar-refractivity contribution is 9.09. The number of carbonyl (C=O) groups is 1. The lowest BCUT2D eigenvalue weighted by Gasteiger charge is -2.05. The molecule has 14 heavy (non-hydrogen) atoms. The topological polar surface area (TPSA) is 37.3 Å². The second kappa shape index (κ2) is 5.15. The van der Waals surface area contributed by atoms with Crippen molar-refractivity contribution in [1.29, 1.82) is 0 Å². The molecule has 0 radical (unpaired) electrons. The predicted octanol–water partition coefficient (Wildman–Crippen LogP) is 2.88. The lowest BCUT2D eigenvalue weighted by Crippen LogP contribution is -2.02. The van der Waals surface area contributed by atoms with E-state index in [1.807, 2.05) is 19.1 Å². The van der Waals surface area contributed by atoms with Crippen LogP contribution in [0.25, 0.3) is 0 Å². The maximum atomic E-state index is 10.8. The van der Waals surface area contributed by atoms with Crippen LogP contribution in [0.4, 0.5) is 0 Å². The Labute approximate surface area is 92.1 Å². The van der Waals surface area contributed by atoms with Gasteiger partial charge in [-0.15, -0.1) is 0 Å². The van der Waals surface area contributed by atoms with Crippen molar-refractivity contribution in [3.8, 4) is 0 Å². The van der Waals surface area contributed by atoms with Crippen LogP contribution in [0.5, 0.6) is 0 Å². The number of halogens is 1. The normalized spacial score (nSPS) is 10.1. The van der Waals surface area contributed by atoms with Crippen molar-refractivity contribution >= 4 is 21.9 Å². The van der Waals surface area contributed by atoms with Gasteiger partial charge in [0.15, 0.2) is 0 Å². The average Bonchev–Trinajstić information content (AvgIpc) is 2.17. The molecule has 1 aromatic carbocycles. The Morgan fingerprint density at radius 2 is 2.21 bits per heavy atom. The fourth-order valence-corrected chi connectivity index (χ4v) is 1.87. The summed E-state index contributed by atoms with van der Waals surface area (Å²) in [5.74, 6) is -0.841. The Morgan fingerprint density at radius 3 is 2.71 bits per heavy atom. The van der Waals surface area contributed by atoms with Crippen LogP contribution in [0.3, 0.4) is 0 Å². The molecule has 0 aliphatic carbocycles. The Kier molecular flexibility index (Phi) is 4.14. The van der Waals surface area contributed by atoms with Crippen molar-refractivity contribution in [3.63, 3.8) is 0 Å². The number of carboxylic acids is 1. The highest BCUT2D eigenvalue weighted by Gasteiger charge is 2.08. The second-order valence-electron chi connectivity index (χ2n) is 3.09. The molecule has 0 bridgehead atoms. The fourth-order valence-electron chi connectivity index (χ4n) is 1.41. The molecular formula is C11H13BrO2. The quantitative estimate of drug-likeness (QED) is 0.842. The van der Waals surface area contributed by atoms with Crippen LogP contribution >= 0.6 is 15.9 Å². The van der Waals surface area contributed by atoms with E-state index in [0.717, 1.165) is 23.7 Å². The van der Waals surface area contributed by atoms with Crippen molar-refractivity contribution in [2.75, 3.05) is 5.33 Å². The summed E-state index contributed by atoms with van der Waals surface area (Å²) in [7, 11) is 0. The smallest absolute Gasteiger partial charge is 0.335 e. The summed E-state index contributed by atoms with van der Waals surface area (Å²) < 4.78 is 0. The van der Waals surface area contributed by atoms with Gasteiger partial charge in [0.05, 0.1) is 5.56 Å². The van der Waals surface area contributed by atoms with Gasteiger partial charge in [-0.25, -0.2) is 4.79 Å². The molecule has 1 aromatic rings. The first-order valence-electron chi connectivity index (χ1n) is 4.60. The Balaban J connectivity index is 3.05. The Morgan fingerprint density at radius 1 is 1.50 bits per heavy atom. The Bertz CT molecular complexity index is 334. The van der Waals surface area contributed by atoms with Crippen LogP contribution in [0.15, 0.2) is 18.2 Å². The number of benzene rings is 1. The minimum Gasteiger partial charge on any atom is -0.478 e. The van der Waals surface area contributed by atoms with Crippen molar-refractivity contribution in [2.45, 2.75) is 19.8 Å². The van der Waals surface area contributed by atoms with Crippen LogP contribution in [-0.2, 0) is 12.8 Å². The molecule has 0 unspecified atom stereocenters. The molecule has 0 atom stereocenters. The first kappa shape index (κ1) is 11.2. The molecule has 0 aliphatic rings. The zero-order valence-electron chi connectivity index (χ0n) is 8.09. The van der Waals surface area contributed by atoms with Crippen molar-refractivity contribution in [1.82, 2.24) is 0 Å². The number of aromatic carboxylic acids is 1. The van der Waals surface area contributed by atoms with Crippen molar-refractivity contribution < 1.29 is 9.90 Å². The van der Waals surface area contributed by atoms with E-state index in [1.165, 1.54) is 5.56 Å². The van der Waals surface area contributed by atoms with E-state index in [9.17, 15) is 4.79 Å². The van der Waals surface area contributed by atoms with E-state index in [1.54, 1.807) is 6.07 Å². The van der Waals surface area contributed by atoms with Crippen LogP contribution in [0.2, 0.25) is 0 Å². The van der Waals surface area contributed by atoms with Crippen LogP contribution in [-0.4, -0.2) is 16.4 Å². The standard InChI is InChI=1S/C11H13BrO2/c1-2-9-7-8(5-6-12)3-4-10(9)11(13)14/h3-4,7H,2,5-6H2,1H3,(H,13,14). The second-order valence-corrected chi connectivity index (χ2v) is 3.88. The third kappa shape index (κ3) is 2.58.